The lowest BCUT2D eigenvalue weighted by atomic mass is 10.00. The minimum absolute atomic E-state index is 0.204. The molecule has 1 amide bonds. The van der Waals surface area contributed by atoms with Gasteiger partial charge in [0.1, 0.15) is 17.6 Å². The standard InChI is InChI=1S/C20H21N5O2S/c1-11-7-5-6-8-14(11)22-18(26)16-13(3)21-19-23-20(28-4)24-25(19)17(16)15-10-9-12(2)27-15/h5-10,17H,1-4H3,(H,22,26)(H,21,23,24). The summed E-state index contributed by atoms with van der Waals surface area (Å²) in [6, 6.07) is 11.0. The molecule has 28 heavy (non-hydrogen) atoms. The second-order valence-electron chi connectivity index (χ2n) is 6.65. The van der Waals surface area contributed by atoms with Crippen LogP contribution in [0.1, 0.15) is 30.0 Å². The van der Waals surface area contributed by atoms with Crippen LogP contribution in [0.4, 0.5) is 11.6 Å². The summed E-state index contributed by atoms with van der Waals surface area (Å²) in [5, 5.41) is 11.4. The fourth-order valence-corrected chi connectivity index (χ4v) is 3.63. The number of rotatable bonds is 4. The van der Waals surface area contributed by atoms with Gasteiger partial charge >= 0.3 is 0 Å². The number of thioether (sulfide) groups is 1. The van der Waals surface area contributed by atoms with E-state index in [-0.39, 0.29) is 5.91 Å². The van der Waals surface area contributed by atoms with E-state index in [1.54, 1.807) is 4.68 Å². The van der Waals surface area contributed by atoms with Gasteiger partial charge in [-0.1, -0.05) is 30.0 Å². The highest BCUT2D eigenvalue weighted by Gasteiger charge is 2.36. The molecule has 0 saturated carbocycles. The number of nitrogens with zero attached hydrogens (tertiary/aromatic N) is 3. The molecule has 0 saturated heterocycles. The molecule has 1 aliphatic heterocycles. The van der Waals surface area contributed by atoms with Gasteiger partial charge in [0, 0.05) is 11.4 Å². The number of hydrogen-bond acceptors (Lipinski definition) is 6. The van der Waals surface area contributed by atoms with Crippen molar-refractivity contribution in [3.05, 3.63) is 64.8 Å². The third-order valence-electron chi connectivity index (χ3n) is 4.68. The summed E-state index contributed by atoms with van der Waals surface area (Å²) in [6.45, 7) is 5.71. The number of nitrogens with one attached hydrogen (secondary N) is 2. The van der Waals surface area contributed by atoms with E-state index in [1.807, 2.05) is 63.4 Å². The molecule has 2 N–H and O–H groups in total. The minimum Gasteiger partial charge on any atom is -0.464 e. The molecule has 8 heteroatoms. The molecule has 0 fully saturated rings. The summed E-state index contributed by atoms with van der Waals surface area (Å²) >= 11 is 1.45. The van der Waals surface area contributed by atoms with Crippen molar-refractivity contribution in [2.24, 2.45) is 0 Å². The maximum Gasteiger partial charge on any atom is 0.256 e. The Kier molecular flexibility index (Phi) is 4.72. The molecule has 2 aromatic heterocycles. The molecular formula is C20H21N5O2S. The molecule has 3 heterocycles. The second-order valence-corrected chi connectivity index (χ2v) is 7.42. The monoisotopic (exact) mass is 395 g/mol. The Hall–Kier alpha value is -3.00. The van der Waals surface area contributed by atoms with Crippen LogP contribution in [-0.4, -0.2) is 26.9 Å². The van der Waals surface area contributed by atoms with Gasteiger partial charge in [-0.15, -0.1) is 5.10 Å². The zero-order valence-electron chi connectivity index (χ0n) is 16.1. The van der Waals surface area contributed by atoms with Gasteiger partial charge in [0.25, 0.3) is 5.91 Å². The van der Waals surface area contributed by atoms with E-state index in [9.17, 15) is 4.79 Å². The smallest absolute Gasteiger partial charge is 0.256 e. The number of carbonyl (C=O) groups is 1. The summed E-state index contributed by atoms with van der Waals surface area (Å²) in [4.78, 5) is 17.8. The van der Waals surface area contributed by atoms with Crippen LogP contribution in [0, 0.1) is 13.8 Å². The van der Waals surface area contributed by atoms with Gasteiger partial charge < -0.3 is 15.1 Å². The predicted molar refractivity (Wildman–Crippen MR) is 110 cm³/mol. The van der Waals surface area contributed by atoms with Crippen molar-refractivity contribution in [3.8, 4) is 0 Å². The molecule has 7 nitrogen and oxygen atoms in total. The molecule has 0 spiro atoms. The van der Waals surface area contributed by atoms with Crippen LogP contribution in [0.3, 0.4) is 0 Å². The number of hydrogen-bond donors (Lipinski definition) is 2. The van der Waals surface area contributed by atoms with Crippen LogP contribution in [0.5, 0.6) is 0 Å². The lowest BCUT2D eigenvalue weighted by Crippen LogP contribution is -2.31. The molecule has 1 aliphatic rings. The second kappa shape index (κ2) is 7.20. The third-order valence-corrected chi connectivity index (χ3v) is 5.22. The minimum atomic E-state index is -0.498. The third kappa shape index (κ3) is 3.20. The molecule has 144 valence electrons. The fraction of sp³-hybridized carbons (Fsp3) is 0.250. The lowest BCUT2D eigenvalue weighted by Gasteiger charge is -2.27. The maximum atomic E-state index is 13.3. The summed E-state index contributed by atoms with van der Waals surface area (Å²) in [5.74, 6) is 1.81. The quantitative estimate of drug-likeness (QED) is 0.646. The number of furan rings is 1. The van der Waals surface area contributed by atoms with Crippen LogP contribution < -0.4 is 10.6 Å². The Balaban J connectivity index is 1.79. The number of allylic oxidation sites excluding steroid dienone is 1. The van der Waals surface area contributed by atoms with Crippen LogP contribution in [0.2, 0.25) is 0 Å². The zero-order chi connectivity index (χ0) is 19.8. The summed E-state index contributed by atoms with van der Waals surface area (Å²) in [5.41, 5.74) is 3.03. The summed E-state index contributed by atoms with van der Waals surface area (Å²) in [7, 11) is 0. The Morgan fingerprint density at radius 3 is 2.68 bits per heavy atom. The Morgan fingerprint density at radius 2 is 2.00 bits per heavy atom. The predicted octanol–water partition coefficient (Wildman–Crippen LogP) is 4.14. The van der Waals surface area contributed by atoms with Crippen molar-refractivity contribution in [2.75, 3.05) is 16.9 Å². The van der Waals surface area contributed by atoms with Crippen molar-refractivity contribution in [1.82, 2.24) is 14.8 Å². The van der Waals surface area contributed by atoms with E-state index < -0.39 is 6.04 Å². The number of benzene rings is 1. The van der Waals surface area contributed by atoms with Crippen molar-refractivity contribution in [3.63, 3.8) is 0 Å². The fourth-order valence-electron chi connectivity index (χ4n) is 3.28. The number of amides is 1. The van der Waals surface area contributed by atoms with E-state index in [0.717, 1.165) is 22.7 Å². The highest BCUT2D eigenvalue weighted by Crippen LogP contribution is 2.37. The van der Waals surface area contributed by atoms with Crippen LogP contribution >= 0.6 is 11.8 Å². The Labute approximate surface area is 167 Å². The average Bonchev–Trinajstić information content (AvgIpc) is 3.28. The first-order valence-electron chi connectivity index (χ1n) is 8.89. The number of aromatic nitrogens is 3. The topological polar surface area (TPSA) is 85.0 Å². The summed E-state index contributed by atoms with van der Waals surface area (Å²) < 4.78 is 7.60. The zero-order valence-corrected chi connectivity index (χ0v) is 16.9. The van der Waals surface area contributed by atoms with E-state index in [2.05, 4.69) is 20.7 Å². The number of anilines is 2. The molecule has 0 radical (unpaired) electrons. The van der Waals surface area contributed by atoms with Gasteiger partial charge in [0.2, 0.25) is 11.1 Å². The van der Waals surface area contributed by atoms with E-state index in [1.165, 1.54) is 11.8 Å². The van der Waals surface area contributed by atoms with Gasteiger partial charge in [-0.25, -0.2) is 4.68 Å². The average molecular weight is 395 g/mol. The Morgan fingerprint density at radius 1 is 1.21 bits per heavy atom. The highest BCUT2D eigenvalue weighted by molar-refractivity contribution is 7.98. The molecule has 1 atom stereocenters. The lowest BCUT2D eigenvalue weighted by molar-refractivity contribution is -0.113. The van der Waals surface area contributed by atoms with E-state index in [0.29, 0.717) is 22.4 Å². The number of carbonyl (C=O) groups excluding carboxylic acids is 1. The molecular weight excluding hydrogens is 374 g/mol. The van der Waals surface area contributed by atoms with Gasteiger partial charge in [-0.2, -0.15) is 4.98 Å². The first kappa shape index (κ1) is 18.4. The molecule has 0 aliphatic carbocycles. The van der Waals surface area contributed by atoms with Crippen molar-refractivity contribution in [1.29, 1.82) is 0 Å². The normalized spacial score (nSPS) is 15.9. The van der Waals surface area contributed by atoms with Crippen LogP contribution in [0.15, 0.2) is 57.2 Å². The SMILES string of the molecule is CSc1nc2n(n1)C(c1ccc(C)o1)C(C(=O)Nc1ccccc1C)=C(C)N2. The molecule has 1 unspecified atom stereocenters. The summed E-state index contributed by atoms with van der Waals surface area (Å²) in [6.07, 6.45) is 1.92. The van der Waals surface area contributed by atoms with Gasteiger partial charge in [-0.3, -0.25) is 4.79 Å². The number of fused-ring (bicyclic) bond motifs is 1. The van der Waals surface area contributed by atoms with E-state index in [4.69, 9.17) is 4.42 Å². The van der Waals surface area contributed by atoms with Crippen LogP contribution in [0.25, 0.3) is 0 Å². The number of aryl methyl sites for hydroxylation is 2. The first-order valence-corrected chi connectivity index (χ1v) is 10.1. The highest BCUT2D eigenvalue weighted by atomic mass is 32.2. The first-order chi connectivity index (χ1) is 13.5. The molecule has 3 aromatic rings. The van der Waals surface area contributed by atoms with Crippen molar-refractivity contribution in [2.45, 2.75) is 32.0 Å². The number of para-hydroxylation sites is 1. The molecule has 0 bridgehead atoms. The van der Waals surface area contributed by atoms with Gasteiger partial charge in [0.05, 0.1) is 5.57 Å². The van der Waals surface area contributed by atoms with Crippen LogP contribution in [-0.2, 0) is 4.79 Å². The molecule has 4 rings (SSSR count). The van der Waals surface area contributed by atoms with Crippen molar-refractivity contribution < 1.29 is 9.21 Å². The van der Waals surface area contributed by atoms with E-state index >= 15 is 0 Å². The maximum absolute atomic E-state index is 13.3. The largest absolute Gasteiger partial charge is 0.464 e. The molecule has 1 aromatic carbocycles. The van der Waals surface area contributed by atoms with Gasteiger partial charge in [-0.05, 0) is 50.8 Å². The van der Waals surface area contributed by atoms with Crippen molar-refractivity contribution >= 4 is 29.3 Å². The van der Waals surface area contributed by atoms with Gasteiger partial charge in [0.15, 0.2) is 0 Å². The Bertz CT molecular complexity index is 1080.